The van der Waals surface area contributed by atoms with Gasteiger partial charge >= 0.3 is 0 Å². The maximum absolute atomic E-state index is 12.3. The van der Waals surface area contributed by atoms with Crippen LogP contribution in [-0.4, -0.2) is 12.5 Å². The summed E-state index contributed by atoms with van der Waals surface area (Å²) >= 11 is 0. The molecule has 1 rings (SSSR count). The first-order chi connectivity index (χ1) is 9.93. The van der Waals surface area contributed by atoms with Crippen molar-refractivity contribution in [2.24, 2.45) is 11.1 Å². The fraction of sp³-hybridized carbons (Fsp3) is 0.611. The van der Waals surface area contributed by atoms with Crippen molar-refractivity contribution in [3.8, 4) is 0 Å². The molecule has 0 atom stereocenters. The van der Waals surface area contributed by atoms with Gasteiger partial charge in [-0.3, -0.25) is 4.79 Å². The van der Waals surface area contributed by atoms with Crippen LogP contribution < -0.4 is 11.1 Å². The van der Waals surface area contributed by atoms with Crippen molar-refractivity contribution in [2.75, 3.05) is 11.9 Å². The van der Waals surface area contributed by atoms with Crippen molar-refractivity contribution in [3.05, 3.63) is 29.3 Å². The summed E-state index contributed by atoms with van der Waals surface area (Å²) in [5, 5.41) is 3.13. The van der Waals surface area contributed by atoms with Gasteiger partial charge in [0.05, 0.1) is 0 Å². The number of aryl methyl sites for hydroxylation is 2. The van der Waals surface area contributed by atoms with Crippen molar-refractivity contribution in [1.82, 2.24) is 0 Å². The molecule has 0 fully saturated rings. The molecule has 1 aromatic carbocycles. The molecule has 118 valence electrons. The smallest absolute Gasteiger partial charge is 0.224 e. The van der Waals surface area contributed by atoms with Crippen LogP contribution in [0.2, 0.25) is 0 Å². The molecule has 0 unspecified atom stereocenters. The summed E-state index contributed by atoms with van der Waals surface area (Å²) in [5.41, 5.74) is 9.19. The molecular formula is C18H30N2O. The largest absolute Gasteiger partial charge is 0.330 e. The van der Waals surface area contributed by atoms with Crippen molar-refractivity contribution in [3.63, 3.8) is 0 Å². The second-order valence-electron chi connectivity index (χ2n) is 6.41. The van der Waals surface area contributed by atoms with Gasteiger partial charge in [-0.05, 0) is 48.8 Å². The van der Waals surface area contributed by atoms with Crippen LogP contribution in [0.5, 0.6) is 0 Å². The van der Waals surface area contributed by atoms with Gasteiger partial charge in [0.1, 0.15) is 0 Å². The highest BCUT2D eigenvalue weighted by molar-refractivity contribution is 5.92. The van der Waals surface area contributed by atoms with Gasteiger partial charge in [0, 0.05) is 12.1 Å². The quantitative estimate of drug-likeness (QED) is 0.762. The Morgan fingerprint density at radius 1 is 1.14 bits per heavy atom. The molecular weight excluding hydrogens is 260 g/mol. The molecule has 3 nitrogen and oxygen atoms in total. The number of nitrogens with one attached hydrogen (secondary N) is 1. The second-order valence-corrected chi connectivity index (χ2v) is 6.41. The lowest BCUT2D eigenvalue weighted by Gasteiger charge is -2.23. The topological polar surface area (TPSA) is 55.1 Å². The molecule has 0 saturated heterocycles. The van der Waals surface area contributed by atoms with E-state index in [1.165, 1.54) is 11.1 Å². The maximum Gasteiger partial charge on any atom is 0.224 e. The summed E-state index contributed by atoms with van der Waals surface area (Å²) in [7, 11) is 0. The third-order valence-electron chi connectivity index (χ3n) is 4.11. The van der Waals surface area contributed by atoms with Gasteiger partial charge in [0.15, 0.2) is 0 Å². The summed E-state index contributed by atoms with van der Waals surface area (Å²) in [6.07, 6.45) is 4.23. The van der Waals surface area contributed by atoms with Crippen molar-refractivity contribution in [1.29, 1.82) is 0 Å². The number of carbonyl (C=O) groups is 1. The molecule has 0 aliphatic heterocycles. The van der Waals surface area contributed by atoms with E-state index in [9.17, 15) is 4.79 Å². The van der Waals surface area contributed by atoms with Crippen LogP contribution in [0.4, 0.5) is 5.69 Å². The highest BCUT2D eigenvalue weighted by atomic mass is 16.1. The number of benzene rings is 1. The zero-order valence-corrected chi connectivity index (χ0v) is 14.0. The Bertz CT molecular complexity index is 444. The average Bonchev–Trinajstić information content (AvgIpc) is 2.45. The molecule has 0 aliphatic carbocycles. The van der Waals surface area contributed by atoms with Gasteiger partial charge < -0.3 is 11.1 Å². The predicted molar refractivity (Wildman–Crippen MR) is 90.5 cm³/mol. The molecule has 0 aliphatic rings. The second kappa shape index (κ2) is 8.18. The Hall–Kier alpha value is -1.35. The minimum atomic E-state index is 0.107. The van der Waals surface area contributed by atoms with Crippen LogP contribution in [0.25, 0.3) is 0 Å². The van der Waals surface area contributed by atoms with Gasteiger partial charge in [0.2, 0.25) is 5.91 Å². The molecule has 21 heavy (non-hydrogen) atoms. The SMILES string of the molecule is CCc1cccc(CC)c1NC(=O)CCC(C)(C)CCN. The fourth-order valence-corrected chi connectivity index (χ4v) is 2.57. The summed E-state index contributed by atoms with van der Waals surface area (Å²) in [6, 6.07) is 6.25. The van der Waals surface area contributed by atoms with Gasteiger partial charge in [-0.15, -0.1) is 0 Å². The van der Waals surface area contributed by atoms with E-state index in [0.29, 0.717) is 13.0 Å². The Kier molecular flexibility index (Phi) is 6.90. The minimum absolute atomic E-state index is 0.107. The van der Waals surface area contributed by atoms with E-state index in [2.05, 4.69) is 51.2 Å². The third-order valence-corrected chi connectivity index (χ3v) is 4.11. The van der Waals surface area contributed by atoms with Crippen LogP contribution in [0.15, 0.2) is 18.2 Å². The van der Waals surface area contributed by atoms with Crippen LogP contribution in [-0.2, 0) is 17.6 Å². The normalized spacial score (nSPS) is 11.5. The summed E-state index contributed by atoms with van der Waals surface area (Å²) in [4.78, 5) is 12.3. The Labute approximate surface area is 129 Å². The lowest BCUT2D eigenvalue weighted by molar-refractivity contribution is -0.116. The van der Waals surface area contributed by atoms with E-state index in [4.69, 9.17) is 5.73 Å². The lowest BCUT2D eigenvalue weighted by atomic mass is 9.84. The van der Waals surface area contributed by atoms with E-state index in [-0.39, 0.29) is 11.3 Å². The molecule has 0 saturated carbocycles. The number of amides is 1. The maximum atomic E-state index is 12.3. The summed E-state index contributed by atoms with van der Waals surface area (Å²) < 4.78 is 0. The van der Waals surface area contributed by atoms with Crippen LogP contribution >= 0.6 is 0 Å². The van der Waals surface area contributed by atoms with E-state index < -0.39 is 0 Å². The molecule has 1 amide bonds. The molecule has 3 heteroatoms. The zero-order chi connectivity index (χ0) is 15.9. The van der Waals surface area contributed by atoms with Crippen molar-refractivity contribution >= 4 is 11.6 Å². The molecule has 0 aromatic heterocycles. The van der Waals surface area contributed by atoms with E-state index in [1.54, 1.807) is 0 Å². The minimum Gasteiger partial charge on any atom is -0.330 e. The Balaban J connectivity index is 2.71. The Morgan fingerprint density at radius 3 is 2.19 bits per heavy atom. The number of hydrogen-bond donors (Lipinski definition) is 2. The number of para-hydroxylation sites is 1. The zero-order valence-electron chi connectivity index (χ0n) is 14.0. The molecule has 0 heterocycles. The predicted octanol–water partition coefficient (Wildman–Crippen LogP) is 3.91. The first-order valence-corrected chi connectivity index (χ1v) is 8.04. The van der Waals surface area contributed by atoms with E-state index >= 15 is 0 Å². The molecule has 3 N–H and O–H groups in total. The van der Waals surface area contributed by atoms with Gasteiger partial charge in [-0.25, -0.2) is 0 Å². The van der Waals surface area contributed by atoms with Crippen LogP contribution in [0.1, 0.15) is 58.1 Å². The van der Waals surface area contributed by atoms with Gasteiger partial charge in [-0.2, -0.15) is 0 Å². The lowest BCUT2D eigenvalue weighted by Crippen LogP contribution is -2.21. The first-order valence-electron chi connectivity index (χ1n) is 8.04. The molecule has 0 bridgehead atoms. The molecule has 1 aromatic rings. The monoisotopic (exact) mass is 290 g/mol. The fourth-order valence-electron chi connectivity index (χ4n) is 2.57. The average molecular weight is 290 g/mol. The molecule has 0 radical (unpaired) electrons. The van der Waals surface area contributed by atoms with Crippen molar-refractivity contribution < 1.29 is 4.79 Å². The highest BCUT2D eigenvalue weighted by Crippen LogP contribution is 2.27. The summed E-state index contributed by atoms with van der Waals surface area (Å²) in [6.45, 7) is 9.26. The number of hydrogen-bond acceptors (Lipinski definition) is 2. The van der Waals surface area contributed by atoms with E-state index in [0.717, 1.165) is 31.4 Å². The summed E-state index contributed by atoms with van der Waals surface area (Å²) in [5.74, 6) is 0.107. The van der Waals surface area contributed by atoms with Crippen LogP contribution in [0.3, 0.4) is 0 Å². The number of anilines is 1. The first kappa shape index (κ1) is 17.7. The van der Waals surface area contributed by atoms with Crippen molar-refractivity contribution in [2.45, 2.75) is 59.8 Å². The molecule has 0 spiro atoms. The highest BCUT2D eigenvalue weighted by Gasteiger charge is 2.19. The van der Waals surface area contributed by atoms with Crippen LogP contribution in [0, 0.1) is 5.41 Å². The Morgan fingerprint density at radius 2 is 1.71 bits per heavy atom. The third kappa shape index (κ3) is 5.50. The number of rotatable bonds is 8. The van der Waals surface area contributed by atoms with Gasteiger partial charge in [0.25, 0.3) is 0 Å². The van der Waals surface area contributed by atoms with E-state index in [1.807, 2.05) is 0 Å². The standard InChI is InChI=1S/C18H30N2O/c1-5-14-8-7-9-15(6-2)17(14)20-16(21)10-11-18(3,4)12-13-19/h7-9H,5-6,10-13,19H2,1-4H3,(H,20,21). The number of nitrogens with two attached hydrogens (primary N) is 1. The number of carbonyl (C=O) groups excluding carboxylic acids is 1. The van der Waals surface area contributed by atoms with Gasteiger partial charge in [-0.1, -0.05) is 45.9 Å².